The highest BCUT2D eigenvalue weighted by molar-refractivity contribution is 6.32. The molecule has 102 valence electrons. The van der Waals surface area contributed by atoms with Crippen molar-refractivity contribution < 1.29 is 4.39 Å². The van der Waals surface area contributed by atoms with Crippen LogP contribution in [0.2, 0.25) is 5.02 Å². The summed E-state index contributed by atoms with van der Waals surface area (Å²) in [4.78, 5) is 3.93. The van der Waals surface area contributed by atoms with E-state index in [1.807, 2.05) is 18.5 Å². The molecule has 0 bridgehead atoms. The molecular formula is C13H16ClFN4. The SMILES string of the molecule is CCn1nc(C)c(CNc2ncc(F)cc2Cl)c1C. The maximum Gasteiger partial charge on any atom is 0.145 e. The summed E-state index contributed by atoms with van der Waals surface area (Å²) in [6.07, 6.45) is 1.14. The summed E-state index contributed by atoms with van der Waals surface area (Å²) >= 11 is 5.92. The van der Waals surface area contributed by atoms with E-state index < -0.39 is 5.82 Å². The van der Waals surface area contributed by atoms with Crippen LogP contribution >= 0.6 is 11.6 Å². The molecule has 0 fully saturated rings. The number of nitrogens with one attached hydrogen (secondary N) is 1. The molecule has 4 nitrogen and oxygen atoms in total. The van der Waals surface area contributed by atoms with Gasteiger partial charge in [-0.3, -0.25) is 4.68 Å². The maximum absolute atomic E-state index is 12.9. The summed E-state index contributed by atoms with van der Waals surface area (Å²) in [6, 6.07) is 1.24. The normalized spacial score (nSPS) is 10.8. The molecule has 0 radical (unpaired) electrons. The van der Waals surface area contributed by atoms with Crippen molar-refractivity contribution in [3.63, 3.8) is 0 Å². The monoisotopic (exact) mass is 282 g/mol. The lowest BCUT2D eigenvalue weighted by Gasteiger charge is -2.08. The van der Waals surface area contributed by atoms with Gasteiger partial charge in [0, 0.05) is 24.3 Å². The van der Waals surface area contributed by atoms with Gasteiger partial charge in [-0.25, -0.2) is 9.37 Å². The summed E-state index contributed by atoms with van der Waals surface area (Å²) in [5.74, 6) is 0.0350. The zero-order chi connectivity index (χ0) is 14.0. The second-order valence-corrected chi connectivity index (χ2v) is 4.71. The quantitative estimate of drug-likeness (QED) is 0.935. The summed E-state index contributed by atoms with van der Waals surface area (Å²) in [6.45, 7) is 7.45. The maximum atomic E-state index is 12.9. The van der Waals surface area contributed by atoms with Crippen LogP contribution in [0, 0.1) is 19.7 Å². The lowest BCUT2D eigenvalue weighted by molar-refractivity contribution is 0.622. The molecule has 0 aromatic carbocycles. The molecule has 0 atom stereocenters. The molecule has 0 amide bonds. The number of rotatable bonds is 4. The number of hydrogen-bond acceptors (Lipinski definition) is 3. The van der Waals surface area contributed by atoms with Gasteiger partial charge < -0.3 is 5.32 Å². The zero-order valence-corrected chi connectivity index (χ0v) is 11.9. The predicted molar refractivity (Wildman–Crippen MR) is 73.9 cm³/mol. The topological polar surface area (TPSA) is 42.7 Å². The number of pyridine rings is 1. The Morgan fingerprint density at radius 3 is 2.74 bits per heavy atom. The van der Waals surface area contributed by atoms with Crippen LogP contribution < -0.4 is 5.32 Å². The molecular weight excluding hydrogens is 267 g/mol. The Morgan fingerprint density at radius 2 is 2.16 bits per heavy atom. The van der Waals surface area contributed by atoms with Crippen molar-refractivity contribution in [2.45, 2.75) is 33.9 Å². The van der Waals surface area contributed by atoms with Crippen LogP contribution in [-0.4, -0.2) is 14.8 Å². The van der Waals surface area contributed by atoms with E-state index in [2.05, 4.69) is 22.3 Å². The lowest BCUT2D eigenvalue weighted by Crippen LogP contribution is -2.05. The van der Waals surface area contributed by atoms with Gasteiger partial charge in [-0.1, -0.05) is 11.6 Å². The van der Waals surface area contributed by atoms with Gasteiger partial charge in [0.15, 0.2) is 0 Å². The van der Waals surface area contributed by atoms with Crippen LogP contribution in [0.25, 0.3) is 0 Å². The molecule has 0 saturated heterocycles. The third-order valence-corrected chi connectivity index (χ3v) is 3.36. The molecule has 0 aliphatic carbocycles. The Hall–Kier alpha value is -1.62. The van der Waals surface area contributed by atoms with E-state index in [1.165, 1.54) is 6.07 Å². The number of nitrogens with zero attached hydrogens (tertiary/aromatic N) is 3. The van der Waals surface area contributed by atoms with Crippen molar-refractivity contribution in [3.05, 3.63) is 40.1 Å². The minimum atomic E-state index is -0.443. The van der Waals surface area contributed by atoms with Gasteiger partial charge in [0.1, 0.15) is 11.6 Å². The summed E-state index contributed by atoms with van der Waals surface area (Å²) in [7, 11) is 0. The average Bonchev–Trinajstić information content (AvgIpc) is 2.64. The van der Waals surface area contributed by atoms with Gasteiger partial charge in [-0.05, 0) is 26.8 Å². The molecule has 2 rings (SSSR count). The van der Waals surface area contributed by atoms with Gasteiger partial charge in [0.25, 0.3) is 0 Å². The fourth-order valence-corrected chi connectivity index (χ4v) is 2.23. The third kappa shape index (κ3) is 2.87. The van der Waals surface area contributed by atoms with E-state index in [0.29, 0.717) is 12.4 Å². The number of anilines is 1. The van der Waals surface area contributed by atoms with E-state index >= 15 is 0 Å². The average molecular weight is 283 g/mol. The molecule has 2 aromatic heterocycles. The van der Waals surface area contributed by atoms with Gasteiger partial charge in [-0.2, -0.15) is 5.10 Å². The van der Waals surface area contributed by atoms with Crippen LogP contribution in [0.3, 0.4) is 0 Å². The lowest BCUT2D eigenvalue weighted by atomic mass is 10.2. The molecule has 2 heterocycles. The number of halogens is 2. The molecule has 0 saturated carbocycles. The Balaban J connectivity index is 2.16. The molecule has 19 heavy (non-hydrogen) atoms. The van der Waals surface area contributed by atoms with Gasteiger partial charge in [0.2, 0.25) is 0 Å². The van der Waals surface area contributed by atoms with Crippen LogP contribution in [0.15, 0.2) is 12.3 Å². The van der Waals surface area contributed by atoms with E-state index in [4.69, 9.17) is 11.6 Å². The Bertz CT molecular complexity index is 595. The first-order chi connectivity index (χ1) is 9.02. The van der Waals surface area contributed by atoms with E-state index in [1.54, 1.807) is 0 Å². The molecule has 2 aromatic rings. The smallest absolute Gasteiger partial charge is 0.145 e. The first-order valence-corrected chi connectivity index (χ1v) is 6.48. The minimum Gasteiger partial charge on any atom is -0.365 e. The van der Waals surface area contributed by atoms with Crippen molar-refractivity contribution in [1.29, 1.82) is 0 Å². The molecule has 1 N–H and O–H groups in total. The molecule has 6 heteroatoms. The van der Waals surface area contributed by atoms with Crippen LogP contribution in [0.5, 0.6) is 0 Å². The van der Waals surface area contributed by atoms with Gasteiger partial charge in [0.05, 0.1) is 16.9 Å². The molecule has 0 spiro atoms. The zero-order valence-electron chi connectivity index (χ0n) is 11.2. The minimum absolute atomic E-state index is 0.276. The highest BCUT2D eigenvalue weighted by Gasteiger charge is 2.11. The van der Waals surface area contributed by atoms with Crippen molar-refractivity contribution in [3.8, 4) is 0 Å². The van der Waals surface area contributed by atoms with E-state index in [0.717, 1.165) is 29.7 Å². The summed E-state index contributed by atoms with van der Waals surface area (Å²) < 4.78 is 14.9. The van der Waals surface area contributed by atoms with Crippen molar-refractivity contribution >= 4 is 17.4 Å². The Morgan fingerprint density at radius 1 is 1.42 bits per heavy atom. The van der Waals surface area contributed by atoms with E-state index in [-0.39, 0.29) is 5.02 Å². The highest BCUT2D eigenvalue weighted by Crippen LogP contribution is 2.21. The summed E-state index contributed by atoms with van der Waals surface area (Å²) in [5.41, 5.74) is 3.21. The van der Waals surface area contributed by atoms with Crippen molar-refractivity contribution in [2.24, 2.45) is 0 Å². The standard InChI is InChI=1S/C13H16ClFN4/c1-4-19-9(3)11(8(2)18-19)7-17-13-12(14)5-10(15)6-16-13/h5-6H,4,7H2,1-3H3,(H,16,17). The highest BCUT2D eigenvalue weighted by atomic mass is 35.5. The second-order valence-electron chi connectivity index (χ2n) is 4.30. The molecule has 0 aliphatic heterocycles. The second kappa shape index (κ2) is 5.57. The number of aryl methyl sites for hydroxylation is 2. The Kier molecular flexibility index (Phi) is 4.04. The van der Waals surface area contributed by atoms with Crippen LogP contribution in [0.4, 0.5) is 10.2 Å². The predicted octanol–water partition coefficient (Wildman–Crippen LogP) is 3.32. The van der Waals surface area contributed by atoms with Crippen molar-refractivity contribution in [1.82, 2.24) is 14.8 Å². The molecule has 0 aliphatic rings. The van der Waals surface area contributed by atoms with Crippen LogP contribution in [0.1, 0.15) is 23.9 Å². The van der Waals surface area contributed by atoms with E-state index in [9.17, 15) is 4.39 Å². The van der Waals surface area contributed by atoms with Gasteiger partial charge >= 0.3 is 0 Å². The Labute approximate surface area is 116 Å². The van der Waals surface area contributed by atoms with Crippen LogP contribution in [-0.2, 0) is 13.1 Å². The summed E-state index contributed by atoms with van der Waals surface area (Å²) in [5, 5.41) is 7.83. The largest absolute Gasteiger partial charge is 0.365 e. The van der Waals surface area contributed by atoms with Gasteiger partial charge in [-0.15, -0.1) is 0 Å². The fourth-order valence-electron chi connectivity index (χ4n) is 2.01. The first kappa shape index (κ1) is 13.8. The number of hydrogen-bond donors (Lipinski definition) is 1. The fraction of sp³-hybridized carbons (Fsp3) is 0.385. The third-order valence-electron chi connectivity index (χ3n) is 3.07. The van der Waals surface area contributed by atoms with Crippen molar-refractivity contribution in [2.75, 3.05) is 5.32 Å². The number of aromatic nitrogens is 3. The molecule has 0 unspecified atom stereocenters. The first-order valence-electron chi connectivity index (χ1n) is 6.10.